The minimum absolute atomic E-state index is 0.176. The second kappa shape index (κ2) is 2.86. The quantitative estimate of drug-likeness (QED) is 0.562. The molecule has 0 amide bonds. The van der Waals surface area contributed by atoms with Crippen molar-refractivity contribution < 1.29 is 4.74 Å². The molecular weight excluding hydrogens is 186 g/mol. The van der Waals surface area contributed by atoms with Gasteiger partial charge in [-0.05, 0) is 44.2 Å². The van der Waals surface area contributed by atoms with Gasteiger partial charge in [0.15, 0.2) is 0 Å². The topological polar surface area (TPSA) is 12.5 Å². The molecule has 2 heteroatoms. The van der Waals surface area contributed by atoms with E-state index in [2.05, 4.69) is 11.0 Å². The van der Waals surface area contributed by atoms with Crippen LogP contribution >= 0.6 is 0 Å². The van der Waals surface area contributed by atoms with Gasteiger partial charge in [0.1, 0.15) is 5.60 Å². The maximum Gasteiger partial charge on any atom is 0.105 e. The van der Waals surface area contributed by atoms with Crippen LogP contribution in [0.25, 0.3) is 0 Å². The first kappa shape index (κ1) is 8.77. The highest BCUT2D eigenvalue weighted by molar-refractivity contribution is 5.33. The number of hydrogen-bond acceptors (Lipinski definition) is 2. The van der Waals surface area contributed by atoms with Gasteiger partial charge in [-0.2, -0.15) is 0 Å². The number of hydrogen-bond donors (Lipinski definition) is 0. The summed E-state index contributed by atoms with van der Waals surface area (Å²) >= 11 is 0. The smallest absolute Gasteiger partial charge is 0.105 e. The van der Waals surface area contributed by atoms with Crippen molar-refractivity contribution in [3.05, 3.63) is 11.6 Å². The first-order valence-corrected chi connectivity index (χ1v) is 6.49. The lowest BCUT2D eigenvalue weighted by molar-refractivity contribution is -0.136. The Hall–Kier alpha value is -0.340. The molecule has 1 aliphatic carbocycles. The number of fused-ring (bicyclic) bond motifs is 1. The third kappa shape index (κ3) is 0.974. The normalized spacial score (nSPS) is 48.7. The van der Waals surface area contributed by atoms with Gasteiger partial charge in [0.05, 0.1) is 6.61 Å². The lowest BCUT2D eigenvalue weighted by Crippen LogP contribution is -2.66. The fraction of sp³-hybridized carbons (Fsp3) is 0.846. The first-order valence-electron chi connectivity index (χ1n) is 6.49. The predicted octanol–water partition coefficient (Wildman–Crippen LogP) is 2.10. The number of nitrogens with zero attached hydrogens (tertiary/aromatic N) is 1. The lowest BCUT2D eigenvalue weighted by Gasteiger charge is -2.59. The molecular formula is C13H19NO. The van der Waals surface area contributed by atoms with Gasteiger partial charge in [-0.1, -0.05) is 12.5 Å². The molecule has 0 radical (unpaired) electrons. The summed E-state index contributed by atoms with van der Waals surface area (Å²) in [4.78, 5) is 2.77. The SMILES string of the molecule is C1=C2CC3CC[C@@]2(OC1)[C@H]1CCCCN31. The van der Waals surface area contributed by atoms with Crippen LogP contribution in [0.5, 0.6) is 0 Å². The summed E-state index contributed by atoms with van der Waals surface area (Å²) in [5, 5.41) is 0. The lowest BCUT2D eigenvalue weighted by atomic mass is 9.66. The van der Waals surface area contributed by atoms with Gasteiger partial charge in [-0.15, -0.1) is 0 Å². The standard InChI is InChI=1S/C13H19NO/c1-2-7-14-11-4-6-13(12(14)3-1)10(9-11)5-8-15-13/h5,11-12H,1-4,6-9H2/t11?,12-,13+/m1/s1. The molecule has 4 heterocycles. The van der Waals surface area contributed by atoms with E-state index in [1.165, 1.54) is 45.1 Å². The number of piperidine rings is 3. The van der Waals surface area contributed by atoms with Gasteiger partial charge in [-0.25, -0.2) is 0 Å². The molecule has 1 saturated carbocycles. The summed E-state index contributed by atoms with van der Waals surface area (Å²) in [5.74, 6) is 0. The van der Waals surface area contributed by atoms with E-state index in [9.17, 15) is 0 Å². The molecule has 0 aromatic heterocycles. The average Bonchev–Trinajstić information content (AvgIpc) is 2.73. The molecule has 3 saturated heterocycles. The van der Waals surface area contributed by atoms with E-state index in [1.54, 1.807) is 5.57 Å². The van der Waals surface area contributed by atoms with Crippen molar-refractivity contribution >= 4 is 0 Å². The maximum atomic E-state index is 6.17. The molecule has 1 unspecified atom stereocenters. The predicted molar refractivity (Wildman–Crippen MR) is 58.8 cm³/mol. The molecule has 2 bridgehead atoms. The zero-order valence-corrected chi connectivity index (χ0v) is 9.24. The molecule has 4 fully saturated rings. The fourth-order valence-corrected chi connectivity index (χ4v) is 4.43. The van der Waals surface area contributed by atoms with E-state index < -0.39 is 0 Å². The van der Waals surface area contributed by atoms with Crippen LogP contribution in [0, 0.1) is 0 Å². The van der Waals surface area contributed by atoms with Crippen LogP contribution in [0.3, 0.4) is 0 Å². The monoisotopic (exact) mass is 205 g/mol. The number of rotatable bonds is 0. The molecule has 3 atom stereocenters. The van der Waals surface area contributed by atoms with Crippen molar-refractivity contribution in [1.29, 1.82) is 0 Å². The summed E-state index contributed by atoms with van der Waals surface area (Å²) in [6.45, 7) is 2.21. The summed E-state index contributed by atoms with van der Waals surface area (Å²) in [7, 11) is 0. The summed E-state index contributed by atoms with van der Waals surface area (Å²) < 4.78 is 6.17. The molecule has 15 heavy (non-hydrogen) atoms. The minimum atomic E-state index is 0.176. The third-order valence-electron chi connectivity index (χ3n) is 5.07. The maximum absolute atomic E-state index is 6.17. The molecule has 5 aliphatic rings. The van der Waals surface area contributed by atoms with E-state index in [0.29, 0.717) is 0 Å². The van der Waals surface area contributed by atoms with Crippen molar-refractivity contribution in [1.82, 2.24) is 4.90 Å². The molecule has 1 spiro atoms. The van der Waals surface area contributed by atoms with Gasteiger partial charge in [0.25, 0.3) is 0 Å². The van der Waals surface area contributed by atoms with Gasteiger partial charge in [-0.3, -0.25) is 4.90 Å². The first-order chi connectivity index (χ1) is 7.40. The minimum Gasteiger partial charge on any atom is -0.365 e. The molecule has 0 N–H and O–H groups in total. The van der Waals surface area contributed by atoms with Crippen molar-refractivity contribution in [3.8, 4) is 0 Å². The molecule has 82 valence electrons. The van der Waals surface area contributed by atoms with Gasteiger partial charge in [0.2, 0.25) is 0 Å². The Morgan fingerprint density at radius 2 is 2.33 bits per heavy atom. The van der Waals surface area contributed by atoms with Crippen molar-refractivity contribution in [2.75, 3.05) is 13.2 Å². The molecule has 0 aromatic rings. The van der Waals surface area contributed by atoms with Crippen LogP contribution in [-0.4, -0.2) is 35.7 Å². The van der Waals surface area contributed by atoms with Crippen LogP contribution in [-0.2, 0) is 4.74 Å². The van der Waals surface area contributed by atoms with Gasteiger partial charge < -0.3 is 4.74 Å². The van der Waals surface area contributed by atoms with E-state index in [-0.39, 0.29) is 5.60 Å². The Bertz CT molecular complexity index is 324. The Morgan fingerprint density at radius 1 is 1.33 bits per heavy atom. The van der Waals surface area contributed by atoms with E-state index >= 15 is 0 Å². The fourth-order valence-electron chi connectivity index (χ4n) is 4.43. The summed E-state index contributed by atoms with van der Waals surface area (Å²) in [6.07, 6.45) is 10.5. The zero-order chi connectivity index (χ0) is 9.88. The van der Waals surface area contributed by atoms with Crippen LogP contribution in [0.15, 0.2) is 11.6 Å². The van der Waals surface area contributed by atoms with Crippen LogP contribution in [0.2, 0.25) is 0 Å². The van der Waals surface area contributed by atoms with Crippen molar-refractivity contribution in [2.24, 2.45) is 0 Å². The van der Waals surface area contributed by atoms with Crippen LogP contribution < -0.4 is 0 Å². The summed E-state index contributed by atoms with van der Waals surface area (Å²) in [6, 6.07) is 1.58. The Morgan fingerprint density at radius 3 is 3.33 bits per heavy atom. The van der Waals surface area contributed by atoms with Crippen LogP contribution in [0.4, 0.5) is 0 Å². The zero-order valence-electron chi connectivity index (χ0n) is 9.24. The van der Waals surface area contributed by atoms with Crippen molar-refractivity contribution in [3.63, 3.8) is 0 Å². The average molecular weight is 205 g/mol. The molecule has 0 aromatic carbocycles. The Labute approximate surface area is 91.3 Å². The summed E-state index contributed by atoms with van der Waals surface area (Å²) in [5.41, 5.74) is 1.83. The van der Waals surface area contributed by atoms with E-state index in [1.807, 2.05) is 0 Å². The number of ether oxygens (including phenoxy) is 1. The van der Waals surface area contributed by atoms with Crippen LogP contribution in [0.1, 0.15) is 38.5 Å². The largest absolute Gasteiger partial charge is 0.365 e. The third-order valence-corrected chi connectivity index (χ3v) is 5.07. The van der Waals surface area contributed by atoms with Gasteiger partial charge >= 0.3 is 0 Å². The van der Waals surface area contributed by atoms with E-state index in [4.69, 9.17) is 4.74 Å². The van der Waals surface area contributed by atoms with Gasteiger partial charge in [0, 0.05) is 12.1 Å². The molecule has 4 aliphatic heterocycles. The molecule has 2 nitrogen and oxygen atoms in total. The second-order valence-electron chi connectivity index (χ2n) is 5.58. The Balaban J connectivity index is 1.79. The second-order valence-corrected chi connectivity index (χ2v) is 5.58. The van der Waals surface area contributed by atoms with E-state index in [0.717, 1.165) is 18.7 Å². The Kier molecular flexibility index (Phi) is 1.67. The highest BCUT2D eigenvalue weighted by Gasteiger charge is 2.57. The molecule has 5 rings (SSSR count). The highest BCUT2D eigenvalue weighted by Crippen LogP contribution is 2.52. The van der Waals surface area contributed by atoms with Crippen molar-refractivity contribution in [2.45, 2.75) is 56.2 Å². The highest BCUT2D eigenvalue weighted by atomic mass is 16.5.